The lowest BCUT2D eigenvalue weighted by Gasteiger charge is -2.36. The van der Waals surface area contributed by atoms with Crippen molar-refractivity contribution in [3.8, 4) is 0 Å². The second-order valence-corrected chi connectivity index (χ2v) is 6.93. The van der Waals surface area contributed by atoms with Crippen molar-refractivity contribution in [3.63, 3.8) is 0 Å². The molecule has 1 aliphatic rings. The topological polar surface area (TPSA) is 66.7 Å². The van der Waals surface area contributed by atoms with E-state index in [1.165, 1.54) is 13.0 Å². The summed E-state index contributed by atoms with van der Waals surface area (Å²) < 4.78 is 14.2. The highest BCUT2D eigenvalue weighted by Gasteiger charge is 2.21. The number of nitrogens with zero attached hydrogens (tertiary/aromatic N) is 3. The van der Waals surface area contributed by atoms with E-state index in [1.54, 1.807) is 18.2 Å². The van der Waals surface area contributed by atoms with E-state index in [9.17, 15) is 19.3 Å². The fraction of sp³-hybridized carbons (Fsp3) is 0.353. The molecule has 1 aromatic carbocycles. The summed E-state index contributed by atoms with van der Waals surface area (Å²) in [5.74, 6) is -0.533. The van der Waals surface area contributed by atoms with Crippen LogP contribution in [0.1, 0.15) is 22.8 Å². The Morgan fingerprint density at radius 2 is 2.00 bits per heavy atom. The first-order valence-corrected chi connectivity index (χ1v) is 8.81. The van der Waals surface area contributed by atoms with Crippen molar-refractivity contribution >= 4 is 27.8 Å². The molecule has 0 amide bonds. The van der Waals surface area contributed by atoms with Gasteiger partial charge in [0.05, 0.1) is 10.6 Å². The molecule has 1 aliphatic heterocycles. The number of rotatable bonds is 5. The smallest absolute Gasteiger partial charge is 0.324 e. The van der Waals surface area contributed by atoms with Gasteiger partial charge in [-0.1, -0.05) is 11.3 Å². The van der Waals surface area contributed by atoms with Crippen LogP contribution in [0.2, 0.25) is 0 Å². The van der Waals surface area contributed by atoms with Gasteiger partial charge in [0, 0.05) is 49.7 Å². The summed E-state index contributed by atoms with van der Waals surface area (Å²) in [7, 11) is 0. The number of carbonyl (C=O) groups excluding carboxylic acids is 1. The Morgan fingerprint density at radius 1 is 1.28 bits per heavy atom. The highest BCUT2D eigenvalue weighted by molar-refractivity contribution is 7.13. The van der Waals surface area contributed by atoms with Gasteiger partial charge in [-0.2, -0.15) is 0 Å². The molecule has 0 bridgehead atoms. The van der Waals surface area contributed by atoms with Crippen LogP contribution in [0.15, 0.2) is 29.6 Å². The Labute approximate surface area is 148 Å². The van der Waals surface area contributed by atoms with Crippen molar-refractivity contribution in [2.75, 3.05) is 31.1 Å². The molecule has 3 rings (SSSR count). The fourth-order valence-electron chi connectivity index (χ4n) is 2.93. The van der Waals surface area contributed by atoms with Crippen LogP contribution in [-0.2, 0) is 6.54 Å². The molecule has 1 fully saturated rings. The maximum atomic E-state index is 14.2. The van der Waals surface area contributed by atoms with Crippen molar-refractivity contribution in [1.82, 2.24) is 4.90 Å². The number of Topliss-reactive ketones (excluding diaryl/α,β-unsaturated/α-hetero) is 1. The number of nitro groups is 1. The minimum Gasteiger partial charge on any atom is -0.367 e. The normalized spacial score (nSPS) is 15.4. The molecule has 1 aromatic heterocycles. The van der Waals surface area contributed by atoms with Gasteiger partial charge in [0.2, 0.25) is 0 Å². The van der Waals surface area contributed by atoms with Crippen LogP contribution in [0.4, 0.5) is 15.1 Å². The van der Waals surface area contributed by atoms with E-state index in [0.717, 1.165) is 30.0 Å². The summed E-state index contributed by atoms with van der Waals surface area (Å²) in [6.45, 7) is 4.91. The number of ketones is 1. The molecule has 132 valence electrons. The van der Waals surface area contributed by atoms with Crippen LogP contribution in [0.25, 0.3) is 0 Å². The molecule has 0 radical (unpaired) electrons. The summed E-state index contributed by atoms with van der Waals surface area (Å²) in [6, 6.07) is 6.20. The fourth-order valence-corrected chi connectivity index (χ4v) is 3.65. The number of hydrogen-bond acceptors (Lipinski definition) is 6. The predicted molar refractivity (Wildman–Crippen MR) is 94.9 cm³/mol. The molecule has 0 unspecified atom stereocenters. The highest BCUT2D eigenvalue weighted by atomic mass is 32.1. The number of benzene rings is 1. The first-order chi connectivity index (χ1) is 11.9. The van der Waals surface area contributed by atoms with E-state index in [1.807, 2.05) is 10.3 Å². The number of piperazine rings is 1. The minimum atomic E-state index is -0.380. The summed E-state index contributed by atoms with van der Waals surface area (Å²) in [4.78, 5) is 25.8. The van der Waals surface area contributed by atoms with E-state index in [4.69, 9.17) is 0 Å². The molecule has 25 heavy (non-hydrogen) atoms. The lowest BCUT2D eigenvalue weighted by Crippen LogP contribution is -2.46. The van der Waals surface area contributed by atoms with Crippen molar-refractivity contribution in [3.05, 3.63) is 56.7 Å². The van der Waals surface area contributed by atoms with Crippen LogP contribution in [-0.4, -0.2) is 41.8 Å². The van der Waals surface area contributed by atoms with E-state index in [2.05, 4.69) is 4.90 Å². The Balaban J connectivity index is 1.60. The number of anilines is 1. The second-order valence-electron chi connectivity index (χ2n) is 6.04. The number of thiophene rings is 1. The van der Waals surface area contributed by atoms with Gasteiger partial charge in [-0.3, -0.25) is 19.8 Å². The van der Waals surface area contributed by atoms with Crippen LogP contribution in [0.5, 0.6) is 0 Å². The van der Waals surface area contributed by atoms with Gasteiger partial charge in [0.15, 0.2) is 5.78 Å². The van der Waals surface area contributed by atoms with E-state index in [-0.39, 0.29) is 21.5 Å². The van der Waals surface area contributed by atoms with Crippen LogP contribution < -0.4 is 4.90 Å². The summed E-state index contributed by atoms with van der Waals surface area (Å²) in [5.41, 5.74) is 1.82. The Morgan fingerprint density at radius 3 is 2.56 bits per heavy atom. The van der Waals surface area contributed by atoms with Gasteiger partial charge in [-0.15, -0.1) is 0 Å². The maximum absolute atomic E-state index is 14.2. The van der Waals surface area contributed by atoms with Crippen LogP contribution in [0, 0.1) is 15.9 Å². The molecule has 2 aromatic rings. The molecule has 8 heteroatoms. The zero-order chi connectivity index (χ0) is 18.0. The first-order valence-electron chi connectivity index (χ1n) is 7.93. The maximum Gasteiger partial charge on any atom is 0.324 e. The Hall–Kier alpha value is -2.32. The van der Waals surface area contributed by atoms with Crippen molar-refractivity contribution in [2.45, 2.75) is 13.5 Å². The standard InChI is InChI=1S/C17H18FN3O3S/c1-12(22)14-2-3-16(15(18)9-14)20-6-4-19(5-7-20)10-13-8-17(21(23)24)25-11-13/h2-3,8-9,11H,4-7,10H2,1H3. The third-order valence-electron chi connectivity index (χ3n) is 4.29. The van der Waals surface area contributed by atoms with Gasteiger partial charge in [-0.05, 0) is 30.7 Å². The minimum absolute atomic E-state index is 0.153. The van der Waals surface area contributed by atoms with Crippen LogP contribution in [0.3, 0.4) is 0 Å². The van der Waals surface area contributed by atoms with Crippen molar-refractivity contribution in [1.29, 1.82) is 0 Å². The Kier molecular flexibility index (Phi) is 5.10. The van der Waals surface area contributed by atoms with Crippen LogP contribution >= 0.6 is 11.3 Å². The average Bonchev–Trinajstić information content (AvgIpc) is 3.04. The zero-order valence-corrected chi connectivity index (χ0v) is 14.6. The molecule has 0 spiro atoms. The molecule has 2 heterocycles. The predicted octanol–water partition coefficient (Wildman–Crippen LogP) is 3.32. The molecular weight excluding hydrogens is 345 g/mol. The highest BCUT2D eigenvalue weighted by Crippen LogP contribution is 2.25. The Bertz CT molecular complexity index is 800. The quantitative estimate of drug-likeness (QED) is 0.463. The third-order valence-corrected chi connectivity index (χ3v) is 5.22. The number of carbonyl (C=O) groups is 1. The molecular formula is C17H18FN3O3S. The monoisotopic (exact) mass is 363 g/mol. The molecule has 0 N–H and O–H groups in total. The zero-order valence-electron chi connectivity index (χ0n) is 13.8. The van der Waals surface area contributed by atoms with E-state index in [0.29, 0.717) is 30.9 Å². The van der Waals surface area contributed by atoms with Gasteiger partial charge in [-0.25, -0.2) is 4.39 Å². The number of halogens is 1. The second kappa shape index (κ2) is 7.28. The SMILES string of the molecule is CC(=O)c1ccc(N2CCN(Cc3csc([N+](=O)[O-])c3)CC2)c(F)c1. The van der Waals surface area contributed by atoms with Gasteiger partial charge >= 0.3 is 5.00 Å². The van der Waals surface area contributed by atoms with Gasteiger partial charge in [0.25, 0.3) is 0 Å². The molecule has 6 nitrogen and oxygen atoms in total. The lowest BCUT2D eigenvalue weighted by molar-refractivity contribution is -0.380. The molecule has 0 aliphatic carbocycles. The molecule has 1 saturated heterocycles. The number of hydrogen-bond donors (Lipinski definition) is 0. The lowest BCUT2D eigenvalue weighted by atomic mass is 10.1. The van der Waals surface area contributed by atoms with Crippen molar-refractivity contribution < 1.29 is 14.1 Å². The summed E-state index contributed by atoms with van der Waals surface area (Å²) >= 11 is 1.14. The first kappa shape index (κ1) is 17.5. The van der Waals surface area contributed by atoms with Gasteiger partial charge in [0.1, 0.15) is 5.82 Å². The summed E-state index contributed by atoms with van der Waals surface area (Å²) in [5, 5.41) is 12.7. The van der Waals surface area contributed by atoms with E-state index >= 15 is 0 Å². The largest absolute Gasteiger partial charge is 0.367 e. The third kappa shape index (κ3) is 4.02. The van der Waals surface area contributed by atoms with Gasteiger partial charge < -0.3 is 4.90 Å². The average molecular weight is 363 g/mol. The molecule has 0 saturated carbocycles. The van der Waals surface area contributed by atoms with Crippen molar-refractivity contribution in [2.24, 2.45) is 0 Å². The van der Waals surface area contributed by atoms with E-state index < -0.39 is 0 Å². The molecule has 0 atom stereocenters. The summed E-state index contributed by atoms with van der Waals surface area (Å²) in [6.07, 6.45) is 0.